The Bertz CT molecular complexity index is 3280. The monoisotopic (exact) mass is 709 g/mol. The second-order valence-corrected chi connectivity index (χ2v) is 13.1. The lowest BCUT2D eigenvalue weighted by atomic mass is 9.99. The van der Waals surface area contributed by atoms with Crippen molar-refractivity contribution in [3.05, 3.63) is 206 Å². The first kappa shape index (κ1) is 25.5. The summed E-state index contributed by atoms with van der Waals surface area (Å²) in [7, 11) is 0. The fourth-order valence-corrected chi connectivity index (χ4v) is 6.95. The van der Waals surface area contributed by atoms with Crippen LogP contribution in [0.3, 0.4) is 0 Å². The van der Waals surface area contributed by atoms with E-state index in [1.165, 1.54) is 0 Å². The van der Waals surface area contributed by atoms with Crippen molar-refractivity contribution < 1.29 is 9.60 Å². The zero-order valence-electron chi connectivity index (χ0n) is 36.4. The molecule has 0 atom stereocenters. The number of hydrogen-bond acceptors (Lipinski definition) is 3. The van der Waals surface area contributed by atoms with E-state index in [0.717, 1.165) is 38.9 Å². The molecule has 0 saturated carbocycles. The highest BCUT2D eigenvalue weighted by Crippen LogP contribution is 2.37. The lowest BCUT2D eigenvalue weighted by molar-refractivity contribution is 1.07. The van der Waals surface area contributed by atoms with Gasteiger partial charge in [0.05, 0.1) is 20.6 Å². The van der Waals surface area contributed by atoms with E-state index in [9.17, 15) is 4.11 Å². The van der Waals surface area contributed by atoms with Crippen molar-refractivity contribution in [2.75, 3.05) is 0 Å². The normalized spacial score (nSPS) is 13.1. The van der Waals surface area contributed by atoms with Crippen LogP contribution in [-0.4, -0.2) is 19.5 Å². The highest BCUT2D eigenvalue weighted by atomic mass is 15.0. The Kier molecular flexibility index (Phi) is 6.43. The van der Waals surface area contributed by atoms with Crippen LogP contribution in [0.15, 0.2) is 206 Å². The second-order valence-electron chi connectivity index (χ2n) is 13.1. The first-order valence-corrected chi connectivity index (χ1v) is 18.0. The summed E-state index contributed by atoms with van der Waals surface area (Å²) in [6.07, 6.45) is 0. The van der Waals surface area contributed by atoms with Crippen molar-refractivity contribution in [3.8, 4) is 73.2 Å². The summed E-state index contributed by atoms with van der Waals surface area (Å²) >= 11 is 0. The standard InChI is InChI=1S/C51H34N4/c1-4-13-35(14-5-1)36-23-25-38(26-24-36)43-31-32-48-46(34-43)45-21-10-11-22-47(45)55(48)44-20-12-19-42(33-44)37-27-29-41(30-28-37)51-53-49(39-15-6-2-7-16-39)52-50(54-51)40-17-8-3-9-18-40/h1-34H/i10D,11D,21D,22D,31D,32D,34D. The smallest absolute Gasteiger partial charge is 0.164 e. The summed E-state index contributed by atoms with van der Waals surface area (Å²) in [6.45, 7) is 0. The number of benzene rings is 8. The van der Waals surface area contributed by atoms with Gasteiger partial charge in [-0.2, -0.15) is 0 Å². The molecular weight excluding hydrogens is 669 g/mol. The van der Waals surface area contributed by atoms with Gasteiger partial charge in [-0.1, -0.05) is 176 Å². The molecule has 0 aliphatic heterocycles. The van der Waals surface area contributed by atoms with Gasteiger partial charge in [0.1, 0.15) is 0 Å². The molecule has 0 saturated heterocycles. The Morgan fingerprint density at radius 2 is 0.782 bits per heavy atom. The van der Waals surface area contributed by atoms with Gasteiger partial charge in [-0.3, -0.25) is 0 Å². The molecule has 4 nitrogen and oxygen atoms in total. The third-order valence-electron chi connectivity index (χ3n) is 9.72. The highest BCUT2D eigenvalue weighted by Gasteiger charge is 2.15. The number of hydrogen-bond donors (Lipinski definition) is 0. The van der Waals surface area contributed by atoms with Gasteiger partial charge < -0.3 is 4.57 Å². The van der Waals surface area contributed by atoms with Crippen molar-refractivity contribution in [1.82, 2.24) is 19.5 Å². The van der Waals surface area contributed by atoms with Gasteiger partial charge in [0.15, 0.2) is 17.5 Å². The minimum atomic E-state index is -0.435. The largest absolute Gasteiger partial charge is 0.309 e. The molecule has 2 heterocycles. The molecule has 0 bridgehead atoms. The van der Waals surface area contributed by atoms with E-state index in [4.69, 9.17) is 20.4 Å². The lowest BCUT2D eigenvalue weighted by Crippen LogP contribution is -2.00. The molecule has 0 fully saturated rings. The molecule has 2 aromatic heterocycles. The fourth-order valence-electron chi connectivity index (χ4n) is 6.95. The molecule has 10 aromatic rings. The first-order chi connectivity index (χ1) is 30.2. The Labute approximate surface area is 329 Å². The molecule has 258 valence electrons. The molecule has 0 aliphatic carbocycles. The summed E-state index contributed by atoms with van der Waals surface area (Å²) in [4.78, 5) is 14.5. The third-order valence-corrected chi connectivity index (χ3v) is 9.72. The summed E-state index contributed by atoms with van der Waals surface area (Å²) in [5.74, 6) is 1.64. The molecule has 10 rings (SSSR count). The van der Waals surface area contributed by atoms with E-state index < -0.39 is 12.1 Å². The number of aromatic nitrogens is 4. The minimum Gasteiger partial charge on any atom is -0.309 e. The molecule has 55 heavy (non-hydrogen) atoms. The molecule has 0 aliphatic rings. The fraction of sp³-hybridized carbons (Fsp3) is 0. The van der Waals surface area contributed by atoms with Crippen molar-refractivity contribution >= 4 is 21.8 Å². The zero-order chi connectivity index (χ0) is 42.6. The maximum Gasteiger partial charge on any atom is 0.164 e. The summed E-state index contributed by atoms with van der Waals surface area (Å²) in [6, 6.07) is 50.3. The van der Waals surface area contributed by atoms with Crippen molar-refractivity contribution in [3.63, 3.8) is 0 Å². The Balaban J connectivity index is 1.10. The summed E-state index contributed by atoms with van der Waals surface area (Å²) in [5, 5.41) is 0.315. The number of nitrogens with zero attached hydrogens (tertiary/aromatic N) is 4. The predicted octanol–water partition coefficient (Wildman–Crippen LogP) is 13.0. The molecule has 4 heteroatoms. The predicted molar refractivity (Wildman–Crippen MR) is 227 cm³/mol. The molecule has 0 N–H and O–H groups in total. The summed E-state index contributed by atoms with van der Waals surface area (Å²) in [5.41, 5.74) is 7.75. The number of rotatable bonds is 7. The van der Waals surface area contributed by atoms with E-state index >= 15 is 0 Å². The molecule has 0 unspecified atom stereocenters. The van der Waals surface area contributed by atoms with Crippen LogP contribution in [0.5, 0.6) is 0 Å². The van der Waals surface area contributed by atoms with Crippen LogP contribution in [0.1, 0.15) is 9.60 Å². The van der Waals surface area contributed by atoms with Gasteiger partial charge >= 0.3 is 0 Å². The Morgan fingerprint density at radius 3 is 1.38 bits per heavy atom. The van der Waals surface area contributed by atoms with Crippen LogP contribution >= 0.6 is 0 Å². The van der Waals surface area contributed by atoms with E-state index in [0.29, 0.717) is 28.7 Å². The minimum absolute atomic E-state index is 0.0850. The van der Waals surface area contributed by atoms with Crippen LogP contribution in [0, 0.1) is 0 Å². The topological polar surface area (TPSA) is 43.6 Å². The van der Waals surface area contributed by atoms with Crippen molar-refractivity contribution in [2.45, 2.75) is 0 Å². The first-order valence-electron chi connectivity index (χ1n) is 21.5. The van der Waals surface area contributed by atoms with E-state index in [1.807, 2.05) is 164 Å². The highest BCUT2D eigenvalue weighted by molar-refractivity contribution is 6.10. The summed E-state index contributed by atoms with van der Waals surface area (Å²) < 4.78 is 65.4. The van der Waals surface area contributed by atoms with E-state index in [1.54, 1.807) is 4.57 Å². The van der Waals surface area contributed by atoms with Crippen molar-refractivity contribution in [1.29, 1.82) is 0 Å². The van der Waals surface area contributed by atoms with E-state index in [-0.39, 0.29) is 57.6 Å². The van der Waals surface area contributed by atoms with Crippen LogP contribution in [0.25, 0.3) is 95.0 Å². The van der Waals surface area contributed by atoms with Crippen LogP contribution < -0.4 is 0 Å². The lowest BCUT2D eigenvalue weighted by Gasteiger charge is -2.12. The van der Waals surface area contributed by atoms with Gasteiger partial charge in [0.25, 0.3) is 0 Å². The molecular formula is C51H34N4. The van der Waals surface area contributed by atoms with E-state index in [2.05, 4.69) is 0 Å². The molecule has 0 radical (unpaired) electrons. The van der Waals surface area contributed by atoms with Crippen LogP contribution in [-0.2, 0) is 0 Å². The zero-order valence-corrected chi connectivity index (χ0v) is 29.4. The van der Waals surface area contributed by atoms with Gasteiger partial charge in [0, 0.05) is 33.2 Å². The molecule has 8 aromatic carbocycles. The average Bonchev–Trinajstić information content (AvgIpc) is 3.70. The Morgan fingerprint density at radius 1 is 0.345 bits per heavy atom. The van der Waals surface area contributed by atoms with Gasteiger partial charge in [-0.15, -0.1) is 0 Å². The van der Waals surface area contributed by atoms with Crippen molar-refractivity contribution in [2.24, 2.45) is 0 Å². The average molecular weight is 710 g/mol. The second kappa shape index (κ2) is 13.8. The SMILES string of the molecule is [2H]c1c([2H])c([2H])c2c(c1[2H])c1c([2H])c(-c3ccc(-c4ccccc4)cc3)c([2H])c([2H])c1n2-c1cccc(-c2ccc(-c3nc(-c4ccccc4)nc(-c4ccccc4)n3)cc2)c1. The number of para-hydroxylation sites is 1. The number of fused-ring (bicyclic) bond motifs is 3. The maximum atomic E-state index is 9.59. The van der Waals surface area contributed by atoms with Crippen LogP contribution in [0.2, 0.25) is 0 Å². The molecule has 0 amide bonds. The quantitative estimate of drug-likeness (QED) is 0.165. The van der Waals surface area contributed by atoms with Gasteiger partial charge in [-0.05, 0) is 63.6 Å². The molecule has 0 spiro atoms. The third kappa shape index (κ3) is 6.16. The Hall–Kier alpha value is -7.43. The van der Waals surface area contributed by atoms with Gasteiger partial charge in [-0.25, -0.2) is 15.0 Å². The van der Waals surface area contributed by atoms with Gasteiger partial charge in [0.2, 0.25) is 0 Å². The maximum absolute atomic E-state index is 9.59. The van der Waals surface area contributed by atoms with Crippen LogP contribution in [0.4, 0.5) is 0 Å².